The molecular formula is C32H28N2O3. The average molecular weight is 489 g/mol. The van der Waals surface area contributed by atoms with Gasteiger partial charge in [-0.1, -0.05) is 90.1 Å². The summed E-state index contributed by atoms with van der Waals surface area (Å²) in [6.45, 7) is 5.38. The van der Waals surface area contributed by atoms with Crippen LogP contribution >= 0.6 is 0 Å². The van der Waals surface area contributed by atoms with Gasteiger partial charge in [0.05, 0.1) is 16.8 Å². The van der Waals surface area contributed by atoms with Crippen molar-refractivity contribution < 1.29 is 14.4 Å². The number of pyridine rings is 1. The van der Waals surface area contributed by atoms with Crippen LogP contribution in [0.25, 0.3) is 33.7 Å². The third-order valence-corrected chi connectivity index (χ3v) is 6.84. The largest absolute Gasteiger partial charge is 0.481 e. The summed E-state index contributed by atoms with van der Waals surface area (Å²) in [5, 5.41) is 13.7. The summed E-state index contributed by atoms with van der Waals surface area (Å²) in [6.07, 6.45) is 0.619. The minimum Gasteiger partial charge on any atom is -0.481 e. The Morgan fingerprint density at radius 3 is 2.05 bits per heavy atom. The Labute approximate surface area is 216 Å². The summed E-state index contributed by atoms with van der Waals surface area (Å²) in [7, 11) is 0. The number of carboxylic acid groups (broad SMARTS) is 1. The Kier molecular flexibility index (Phi) is 6.45. The molecule has 5 heteroatoms. The van der Waals surface area contributed by atoms with Crippen LogP contribution in [-0.4, -0.2) is 21.2 Å². The SMILES string of the molecule is Cc1noc(-c2ccc(-c3ccc(C(C)(C)C(=O)O)cc3)cc2)c1Cc1cccc(-c2ccccc2)n1. The van der Waals surface area contributed by atoms with Gasteiger partial charge in [-0.15, -0.1) is 0 Å². The fourth-order valence-corrected chi connectivity index (χ4v) is 4.37. The standard InChI is InChI=1S/C32H28N2O3/c1-21-28(20-27-10-7-11-29(33-27)24-8-5-4-6-9-24)30(37-34-21)25-14-12-22(13-15-25)23-16-18-26(19-17-23)32(2,3)31(35)36/h4-19H,20H2,1-3H3,(H,35,36). The number of hydrogen-bond acceptors (Lipinski definition) is 4. The van der Waals surface area contributed by atoms with Crippen LogP contribution in [0.3, 0.4) is 0 Å². The fourth-order valence-electron chi connectivity index (χ4n) is 4.37. The van der Waals surface area contributed by atoms with Gasteiger partial charge in [0.2, 0.25) is 0 Å². The molecule has 3 aromatic carbocycles. The zero-order chi connectivity index (χ0) is 26.0. The Morgan fingerprint density at radius 1 is 0.784 bits per heavy atom. The molecule has 0 saturated heterocycles. The molecule has 0 fully saturated rings. The molecule has 37 heavy (non-hydrogen) atoms. The van der Waals surface area contributed by atoms with Gasteiger partial charge in [0.25, 0.3) is 0 Å². The number of carboxylic acids is 1. The molecule has 5 nitrogen and oxygen atoms in total. The molecule has 0 radical (unpaired) electrons. The Hall–Kier alpha value is -4.51. The van der Waals surface area contributed by atoms with E-state index in [1.807, 2.05) is 91.9 Å². The highest BCUT2D eigenvalue weighted by atomic mass is 16.5. The first kappa shape index (κ1) is 24.2. The van der Waals surface area contributed by atoms with Gasteiger partial charge in [0.1, 0.15) is 0 Å². The van der Waals surface area contributed by atoms with E-state index in [4.69, 9.17) is 9.51 Å². The number of hydrogen-bond donors (Lipinski definition) is 1. The second kappa shape index (κ2) is 9.86. The third-order valence-electron chi connectivity index (χ3n) is 6.84. The molecule has 184 valence electrons. The van der Waals surface area contributed by atoms with Gasteiger partial charge in [-0.25, -0.2) is 0 Å². The zero-order valence-corrected chi connectivity index (χ0v) is 21.1. The van der Waals surface area contributed by atoms with E-state index in [9.17, 15) is 9.90 Å². The quantitative estimate of drug-likeness (QED) is 0.259. The zero-order valence-electron chi connectivity index (χ0n) is 21.1. The fraction of sp³-hybridized carbons (Fsp3) is 0.156. The van der Waals surface area contributed by atoms with Crippen LogP contribution in [0.2, 0.25) is 0 Å². The number of aromatic nitrogens is 2. The first-order chi connectivity index (χ1) is 17.8. The van der Waals surface area contributed by atoms with Crippen molar-refractivity contribution >= 4 is 5.97 Å². The number of aryl methyl sites for hydroxylation is 1. The molecular weight excluding hydrogens is 460 g/mol. The molecule has 1 N–H and O–H groups in total. The van der Waals surface area contributed by atoms with Gasteiger partial charge < -0.3 is 9.63 Å². The minimum absolute atomic E-state index is 0.619. The van der Waals surface area contributed by atoms with E-state index in [1.54, 1.807) is 13.8 Å². The lowest BCUT2D eigenvalue weighted by atomic mass is 9.84. The summed E-state index contributed by atoms with van der Waals surface area (Å²) in [6, 6.07) is 32.1. The molecule has 0 atom stereocenters. The second-order valence-electron chi connectivity index (χ2n) is 9.72. The van der Waals surface area contributed by atoms with E-state index in [1.165, 1.54) is 0 Å². The van der Waals surface area contributed by atoms with Crippen LogP contribution in [0.1, 0.15) is 36.4 Å². The molecule has 5 rings (SSSR count). The molecule has 2 heterocycles. The lowest BCUT2D eigenvalue weighted by Crippen LogP contribution is -2.28. The molecule has 0 spiro atoms. The van der Waals surface area contributed by atoms with Crippen molar-refractivity contribution in [3.05, 3.63) is 120 Å². The lowest BCUT2D eigenvalue weighted by Gasteiger charge is -2.19. The summed E-state index contributed by atoms with van der Waals surface area (Å²) < 4.78 is 5.76. The van der Waals surface area contributed by atoms with Crippen molar-refractivity contribution in [1.82, 2.24) is 10.1 Å². The van der Waals surface area contributed by atoms with Crippen LogP contribution in [0, 0.1) is 6.92 Å². The van der Waals surface area contributed by atoms with Crippen molar-refractivity contribution in [3.8, 4) is 33.7 Å². The summed E-state index contributed by atoms with van der Waals surface area (Å²) in [4.78, 5) is 16.4. The van der Waals surface area contributed by atoms with Gasteiger partial charge in [0.15, 0.2) is 5.76 Å². The third kappa shape index (κ3) is 4.94. The number of carbonyl (C=O) groups is 1. The smallest absolute Gasteiger partial charge is 0.313 e. The Morgan fingerprint density at radius 2 is 1.41 bits per heavy atom. The summed E-state index contributed by atoms with van der Waals surface area (Å²) in [5.41, 5.74) is 7.69. The van der Waals surface area contributed by atoms with Crippen LogP contribution in [0.5, 0.6) is 0 Å². The summed E-state index contributed by atoms with van der Waals surface area (Å²) in [5.74, 6) is -0.0979. The van der Waals surface area contributed by atoms with Gasteiger partial charge in [0, 0.05) is 28.8 Å². The predicted molar refractivity (Wildman–Crippen MR) is 145 cm³/mol. The molecule has 0 unspecified atom stereocenters. The highest BCUT2D eigenvalue weighted by Crippen LogP contribution is 2.32. The van der Waals surface area contributed by atoms with Crippen LogP contribution in [0.15, 0.2) is 102 Å². The molecule has 0 saturated carbocycles. The molecule has 0 aliphatic rings. The monoisotopic (exact) mass is 488 g/mol. The highest BCUT2D eigenvalue weighted by molar-refractivity contribution is 5.80. The average Bonchev–Trinajstić information content (AvgIpc) is 3.29. The van der Waals surface area contributed by atoms with Crippen LogP contribution < -0.4 is 0 Å². The van der Waals surface area contributed by atoms with Gasteiger partial charge in [-0.05, 0) is 49.6 Å². The van der Waals surface area contributed by atoms with Crippen LogP contribution in [-0.2, 0) is 16.6 Å². The maximum atomic E-state index is 11.6. The van der Waals surface area contributed by atoms with Crippen molar-refractivity contribution in [2.75, 3.05) is 0 Å². The Balaban J connectivity index is 1.39. The maximum absolute atomic E-state index is 11.6. The van der Waals surface area contributed by atoms with Gasteiger partial charge in [-0.3, -0.25) is 9.78 Å². The maximum Gasteiger partial charge on any atom is 0.313 e. The normalized spacial score (nSPS) is 11.4. The van der Waals surface area contributed by atoms with Crippen molar-refractivity contribution in [1.29, 1.82) is 0 Å². The molecule has 0 aliphatic heterocycles. The summed E-state index contributed by atoms with van der Waals surface area (Å²) >= 11 is 0. The molecule has 0 bridgehead atoms. The van der Waals surface area contributed by atoms with E-state index >= 15 is 0 Å². The lowest BCUT2D eigenvalue weighted by molar-refractivity contribution is -0.142. The first-order valence-electron chi connectivity index (χ1n) is 12.2. The molecule has 2 aromatic heterocycles. The predicted octanol–water partition coefficient (Wildman–Crippen LogP) is 7.33. The van der Waals surface area contributed by atoms with E-state index in [0.29, 0.717) is 6.42 Å². The van der Waals surface area contributed by atoms with Gasteiger partial charge >= 0.3 is 5.97 Å². The Bertz CT molecular complexity index is 1530. The van der Waals surface area contributed by atoms with E-state index < -0.39 is 11.4 Å². The molecule has 5 aromatic rings. The molecule has 0 aliphatic carbocycles. The minimum atomic E-state index is -0.932. The topological polar surface area (TPSA) is 76.2 Å². The second-order valence-corrected chi connectivity index (χ2v) is 9.72. The van der Waals surface area contributed by atoms with E-state index in [2.05, 4.69) is 17.3 Å². The number of aliphatic carboxylic acids is 1. The number of nitrogens with zero attached hydrogens (tertiary/aromatic N) is 2. The first-order valence-corrected chi connectivity index (χ1v) is 12.2. The highest BCUT2D eigenvalue weighted by Gasteiger charge is 2.29. The number of rotatable bonds is 7. The van der Waals surface area contributed by atoms with Gasteiger partial charge in [-0.2, -0.15) is 0 Å². The van der Waals surface area contributed by atoms with Crippen LogP contribution in [0.4, 0.5) is 0 Å². The van der Waals surface area contributed by atoms with E-state index in [-0.39, 0.29) is 0 Å². The van der Waals surface area contributed by atoms with E-state index in [0.717, 1.165) is 56.2 Å². The van der Waals surface area contributed by atoms with Crippen molar-refractivity contribution in [2.24, 2.45) is 0 Å². The van der Waals surface area contributed by atoms with Crippen molar-refractivity contribution in [2.45, 2.75) is 32.6 Å². The molecule has 0 amide bonds. The number of benzene rings is 3. The van der Waals surface area contributed by atoms with Crippen molar-refractivity contribution in [3.63, 3.8) is 0 Å².